The summed E-state index contributed by atoms with van der Waals surface area (Å²) in [7, 11) is 0. The lowest BCUT2D eigenvalue weighted by molar-refractivity contribution is -0.286. The lowest BCUT2D eigenvalue weighted by Gasteiger charge is -2.35. The smallest absolute Gasteiger partial charge is 0.267 e. The number of ether oxygens (including phenoxy) is 1. The van der Waals surface area contributed by atoms with Crippen molar-refractivity contribution in [1.29, 1.82) is 0 Å². The molecule has 4 atom stereocenters. The molecule has 6 N–H and O–H groups in total. The average Bonchev–Trinajstić information content (AvgIpc) is 3.23. The summed E-state index contributed by atoms with van der Waals surface area (Å²) < 4.78 is 5.30. The molecule has 9 nitrogen and oxygen atoms in total. The Hall–Kier alpha value is -3.05. The lowest BCUT2D eigenvalue weighted by atomic mass is 10.0. The molecule has 0 bridgehead atoms. The van der Waals surface area contributed by atoms with E-state index in [0.29, 0.717) is 6.42 Å². The number of hydroxylamine groups is 1. The molecular formula is C28H35N3O6. The highest BCUT2D eigenvalue weighted by Gasteiger charge is 2.37. The number of fused-ring (bicyclic) bond motifs is 1. The van der Waals surface area contributed by atoms with E-state index in [9.17, 15) is 20.1 Å². The van der Waals surface area contributed by atoms with Crippen molar-refractivity contribution in [1.82, 2.24) is 15.8 Å². The Morgan fingerprint density at radius 1 is 1.16 bits per heavy atom. The number of amides is 1. The summed E-state index contributed by atoms with van der Waals surface area (Å²) in [5.74, 6) is -0.525. The maximum Gasteiger partial charge on any atom is 0.267 e. The minimum Gasteiger partial charge on any atom is -0.394 e. The Kier molecular flexibility index (Phi) is 9.45. The summed E-state index contributed by atoms with van der Waals surface area (Å²) in [6.07, 6.45) is 0.293. The number of aliphatic hydroxyl groups is 3. The topological polar surface area (TPSA) is 136 Å². The van der Waals surface area contributed by atoms with Gasteiger partial charge in [0.05, 0.1) is 18.8 Å². The molecule has 3 aromatic rings. The number of aliphatic hydroxyl groups excluding tert-OH is 3. The van der Waals surface area contributed by atoms with Gasteiger partial charge in [0.15, 0.2) is 0 Å². The van der Waals surface area contributed by atoms with Crippen LogP contribution in [0.15, 0.2) is 60.7 Å². The molecule has 0 saturated carbocycles. The third-order valence-corrected chi connectivity index (χ3v) is 6.54. The Balaban J connectivity index is 1.16. The van der Waals surface area contributed by atoms with Crippen molar-refractivity contribution in [3.8, 4) is 0 Å². The summed E-state index contributed by atoms with van der Waals surface area (Å²) in [5.41, 5.74) is 8.18. The van der Waals surface area contributed by atoms with Crippen LogP contribution in [0.4, 0.5) is 0 Å². The Labute approximate surface area is 216 Å². The molecule has 1 fully saturated rings. The fraction of sp³-hybridized carbons (Fsp3) is 0.393. The first-order chi connectivity index (χ1) is 17.9. The molecule has 198 valence electrons. The Morgan fingerprint density at radius 2 is 1.92 bits per heavy atom. The number of aryl methyl sites for hydroxylation is 1. The summed E-state index contributed by atoms with van der Waals surface area (Å²) >= 11 is 0. The van der Waals surface area contributed by atoms with Crippen molar-refractivity contribution < 1.29 is 29.7 Å². The number of hydrogen-bond donors (Lipinski definition) is 6. The van der Waals surface area contributed by atoms with Crippen molar-refractivity contribution in [2.45, 2.75) is 57.3 Å². The van der Waals surface area contributed by atoms with Crippen LogP contribution < -0.4 is 10.8 Å². The summed E-state index contributed by atoms with van der Waals surface area (Å²) in [4.78, 5) is 20.5. The molecule has 1 amide bonds. The van der Waals surface area contributed by atoms with E-state index >= 15 is 0 Å². The molecule has 37 heavy (non-hydrogen) atoms. The van der Waals surface area contributed by atoms with Gasteiger partial charge in [0, 0.05) is 35.6 Å². The van der Waals surface area contributed by atoms with Crippen LogP contribution in [0.2, 0.25) is 0 Å². The number of benzene rings is 2. The van der Waals surface area contributed by atoms with E-state index in [1.807, 2.05) is 18.2 Å². The maximum atomic E-state index is 12.0. The second-order valence-electron chi connectivity index (χ2n) is 9.31. The number of aromatic nitrogens is 1. The van der Waals surface area contributed by atoms with Gasteiger partial charge >= 0.3 is 0 Å². The van der Waals surface area contributed by atoms with Gasteiger partial charge in [-0.2, -0.15) is 0 Å². The number of carbonyl (C=O) groups is 1. The molecule has 0 aliphatic carbocycles. The van der Waals surface area contributed by atoms with Crippen LogP contribution >= 0.6 is 0 Å². The average molecular weight is 510 g/mol. The molecule has 9 heteroatoms. The van der Waals surface area contributed by atoms with Gasteiger partial charge in [-0.3, -0.25) is 4.79 Å². The zero-order chi connectivity index (χ0) is 26.2. The number of nitrogens with one attached hydrogen (secondary N) is 3. The van der Waals surface area contributed by atoms with Crippen LogP contribution in [0.5, 0.6) is 0 Å². The normalized spacial score (nSPS) is 22.1. The number of carbonyl (C=O) groups excluding carboxylic acids is 1. The monoisotopic (exact) mass is 509 g/mol. The summed E-state index contributed by atoms with van der Waals surface area (Å²) in [6, 6.07) is 16.6. The zero-order valence-electron chi connectivity index (χ0n) is 20.9. The van der Waals surface area contributed by atoms with Gasteiger partial charge in [-0.05, 0) is 49.1 Å². The van der Waals surface area contributed by atoms with Crippen LogP contribution in [-0.2, 0) is 33.8 Å². The van der Waals surface area contributed by atoms with E-state index in [1.165, 1.54) is 33.8 Å². The third kappa shape index (κ3) is 7.26. The Morgan fingerprint density at radius 3 is 2.70 bits per heavy atom. The van der Waals surface area contributed by atoms with Gasteiger partial charge in [0.1, 0.15) is 6.10 Å². The van der Waals surface area contributed by atoms with Crippen molar-refractivity contribution in [3.63, 3.8) is 0 Å². The highest BCUT2D eigenvalue weighted by molar-refractivity contribution is 5.86. The van der Waals surface area contributed by atoms with Gasteiger partial charge < -0.3 is 30.4 Å². The van der Waals surface area contributed by atoms with E-state index in [0.717, 1.165) is 25.1 Å². The van der Waals surface area contributed by atoms with E-state index in [-0.39, 0.29) is 13.0 Å². The summed E-state index contributed by atoms with van der Waals surface area (Å²) in [5, 5.41) is 33.7. The lowest BCUT2D eigenvalue weighted by Crippen LogP contribution is -2.52. The molecule has 1 saturated heterocycles. The number of allylic oxidation sites excluding steroid dienone is 1. The van der Waals surface area contributed by atoms with E-state index in [2.05, 4.69) is 53.0 Å². The standard InChI is InChI=1S/C28H35N3O6/c1-18-22(23-6-2-3-7-24(23)30-18)13-14-29-16-20-11-9-19(10-12-20)5-4-8-26(34)31-37-28-27(35)25(33)15-21(17-32)36-28/h2-4,6-12,21,25,27-30,32-33,35H,5,13-17H2,1H3,(H,31,34)/b8-4+/t21-,25-,27+,28-/m0/s1. The fourth-order valence-corrected chi connectivity index (χ4v) is 4.48. The predicted octanol–water partition coefficient (Wildman–Crippen LogP) is 1.78. The number of rotatable bonds is 11. The summed E-state index contributed by atoms with van der Waals surface area (Å²) in [6.45, 7) is 3.45. The number of hydrogen-bond acceptors (Lipinski definition) is 7. The van der Waals surface area contributed by atoms with Gasteiger partial charge in [0.25, 0.3) is 5.91 Å². The third-order valence-electron chi connectivity index (χ3n) is 6.54. The zero-order valence-corrected chi connectivity index (χ0v) is 20.9. The van der Waals surface area contributed by atoms with Crippen molar-refractivity contribution in [3.05, 3.63) is 83.1 Å². The minimum atomic E-state index is -1.32. The largest absolute Gasteiger partial charge is 0.394 e. The predicted molar refractivity (Wildman–Crippen MR) is 139 cm³/mol. The van der Waals surface area contributed by atoms with E-state index in [1.54, 1.807) is 6.08 Å². The number of H-pyrrole nitrogens is 1. The molecule has 2 aromatic carbocycles. The first kappa shape index (κ1) is 27.0. The van der Waals surface area contributed by atoms with Crippen molar-refractivity contribution in [2.24, 2.45) is 0 Å². The molecule has 4 rings (SSSR count). The quantitative estimate of drug-likeness (QED) is 0.132. The number of aromatic amines is 1. The van der Waals surface area contributed by atoms with E-state index < -0.39 is 30.5 Å². The number of para-hydroxylation sites is 1. The molecule has 1 aromatic heterocycles. The second-order valence-corrected chi connectivity index (χ2v) is 9.31. The van der Waals surface area contributed by atoms with Crippen LogP contribution in [0.25, 0.3) is 10.9 Å². The van der Waals surface area contributed by atoms with Crippen LogP contribution in [0.3, 0.4) is 0 Å². The molecule has 1 aliphatic heterocycles. The molecular weight excluding hydrogens is 474 g/mol. The highest BCUT2D eigenvalue weighted by Crippen LogP contribution is 2.22. The highest BCUT2D eigenvalue weighted by atomic mass is 16.8. The Bertz CT molecular complexity index is 1190. The van der Waals surface area contributed by atoms with Crippen LogP contribution in [-0.4, -0.2) is 64.0 Å². The molecule has 2 heterocycles. The molecule has 0 radical (unpaired) electrons. The van der Waals surface area contributed by atoms with Crippen LogP contribution in [0, 0.1) is 6.92 Å². The fourth-order valence-electron chi connectivity index (χ4n) is 4.48. The van der Waals surface area contributed by atoms with Gasteiger partial charge in [-0.15, -0.1) is 0 Å². The van der Waals surface area contributed by atoms with Gasteiger partial charge in [-0.1, -0.05) is 48.5 Å². The SMILES string of the molecule is Cc1[nH]c2ccccc2c1CCNCc1ccc(C/C=C/C(=O)NO[C@@H]2O[C@H](CO)C[C@H](O)[C@H]2O)cc1. The molecule has 0 spiro atoms. The maximum absolute atomic E-state index is 12.0. The molecule has 1 aliphatic rings. The van der Waals surface area contributed by atoms with Gasteiger partial charge in [0.2, 0.25) is 6.29 Å². The first-order valence-corrected chi connectivity index (χ1v) is 12.5. The van der Waals surface area contributed by atoms with Crippen molar-refractivity contribution in [2.75, 3.05) is 13.2 Å². The van der Waals surface area contributed by atoms with Crippen molar-refractivity contribution >= 4 is 16.8 Å². The minimum absolute atomic E-state index is 0.0882. The molecule has 0 unspecified atom stereocenters. The van der Waals surface area contributed by atoms with Crippen LogP contribution in [0.1, 0.15) is 28.8 Å². The first-order valence-electron chi connectivity index (χ1n) is 12.5. The van der Waals surface area contributed by atoms with Gasteiger partial charge in [-0.25, -0.2) is 10.3 Å². The second kappa shape index (κ2) is 13.0. The van der Waals surface area contributed by atoms with E-state index in [4.69, 9.17) is 9.57 Å².